The van der Waals surface area contributed by atoms with E-state index < -0.39 is 6.10 Å². The van der Waals surface area contributed by atoms with E-state index >= 15 is 0 Å². The number of nitrogens with one attached hydrogen (secondary N) is 1. The van der Waals surface area contributed by atoms with Gasteiger partial charge in [-0.15, -0.1) is 11.3 Å². The van der Waals surface area contributed by atoms with Crippen molar-refractivity contribution in [1.82, 2.24) is 9.88 Å². The molecule has 0 saturated heterocycles. The number of halogens is 1. The molecule has 0 fully saturated rings. The zero-order chi connectivity index (χ0) is 18.0. The highest BCUT2D eigenvalue weighted by Gasteiger charge is 2.22. The minimum atomic E-state index is -0.660. The average molecular weight is 380 g/mol. The van der Waals surface area contributed by atoms with E-state index in [1.54, 1.807) is 24.3 Å². The molecule has 0 spiro atoms. The first-order chi connectivity index (χ1) is 12.0. The number of carbonyl (C=O) groups is 1. The third-order valence-corrected chi connectivity index (χ3v) is 5.56. The second-order valence-corrected chi connectivity index (χ2v) is 7.68. The van der Waals surface area contributed by atoms with Crippen molar-refractivity contribution in [3.05, 3.63) is 39.4 Å². The average Bonchev–Trinajstić information content (AvgIpc) is 2.99. The van der Waals surface area contributed by atoms with E-state index in [9.17, 15) is 4.79 Å². The van der Waals surface area contributed by atoms with Crippen LogP contribution >= 0.6 is 22.9 Å². The van der Waals surface area contributed by atoms with Gasteiger partial charge in [-0.1, -0.05) is 24.6 Å². The molecule has 134 valence electrons. The molecule has 1 aromatic heterocycles. The lowest BCUT2D eigenvalue weighted by atomic mass is 10.2. The normalized spacial score (nSPS) is 15.5. The zero-order valence-electron chi connectivity index (χ0n) is 14.6. The lowest BCUT2D eigenvalue weighted by Gasteiger charge is -2.23. The number of benzene rings is 1. The maximum atomic E-state index is 12.4. The summed E-state index contributed by atoms with van der Waals surface area (Å²) in [4.78, 5) is 20.6. The van der Waals surface area contributed by atoms with Gasteiger partial charge in [-0.3, -0.25) is 15.0 Å². The number of amides is 1. The van der Waals surface area contributed by atoms with Crippen LogP contribution in [0.15, 0.2) is 18.2 Å². The molecular weight excluding hydrogens is 358 g/mol. The molecule has 3 rings (SSSR count). The van der Waals surface area contributed by atoms with E-state index in [0.29, 0.717) is 15.9 Å². The van der Waals surface area contributed by atoms with Gasteiger partial charge in [0.15, 0.2) is 11.2 Å². The smallest absolute Gasteiger partial charge is 0.266 e. The summed E-state index contributed by atoms with van der Waals surface area (Å²) in [6.07, 6.45) is 0.271. The van der Waals surface area contributed by atoms with Crippen molar-refractivity contribution < 1.29 is 9.53 Å². The van der Waals surface area contributed by atoms with Crippen LogP contribution in [0.2, 0.25) is 5.02 Å². The first-order valence-corrected chi connectivity index (χ1v) is 9.60. The SMILES string of the molecule is CCN1CCc2nc(NC(=O)C(C)Oc3cc(C)ccc3Cl)sc2C1. The highest BCUT2D eigenvalue weighted by Crippen LogP contribution is 2.29. The molecule has 5 nitrogen and oxygen atoms in total. The molecule has 2 aromatic rings. The number of aromatic nitrogens is 1. The Kier molecular flexibility index (Phi) is 5.61. The summed E-state index contributed by atoms with van der Waals surface area (Å²) < 4.78 is 5.72. The maximum absolute atomic E-state index is 12.4. The van der Waals surface area contributed by atoms with Gasteiger partial charge in [0.05, 0.1) is 10.7 Å². The number of likely N-dealkylation sites (N-methyl/N-ethyl adjacent to an activating group) is 1. The van der Waals surface area contributed by atoms with Crippen LogP contribution in [-0.4, -0.2) is 35.0 Å². The predicted octanol–water partition coefficient (Wildman–Crippen LogP) is 3.89. The summed E-state index contributed by atoms with van der Waals surface area (Å²) in [6.45, 7) is 8.77. The quantitative estimate of drug-likeness (QED) is 0.856. The second kappa shape index (κ2) is 7.72. The largest absolute Gasteiger partial charge is 0.479 e. The zero-order valence-corrected chi connectivity index (χ0v) is 16.2. The van der Waals surface area contributed by atoms with Gasteiger partial charge in [0.1, 0.15) is 5.75 Å². The van der Waals surface area contributed by atoms with Gasteiger partial charge in [-0.2, -0.15) is 0 Å². The van der Waals surface area contributed by atoms with E-state index in [2.05, 4.69) is 22.1 Å². The third kappa shape index (κ3) is 4.32. The highest BCUT2D eigenvalue weighted by molar-refractivity contribution is 7.15. The summed E-state index contributed by atoms with van der Waals surface area (Å²) >= 11 is 7.68. The number of fused-ring (bicyclic) bond motifs is 1. The Morgan fingerprint density at radius 2 is 2.32 bits per heavy atom. The van der Waals surface area contributed by atoms with Gasteiger partial charge in [0, 0.05) is 24.4 Å². The Hall–Kier alpha value is -1.63. The standard InChI is InChI=1S/C18H22ClN3O2S/c1-4-22-8-7-14-16(10-22)25-18(20-14)21-17(23)12(3)24-15-9-11(2)5-6-13(15)19/h5-6,9,12H,4,7-8,10H2,1-3H3,(H,20,21,23). The van der Waals surface area contributed by atoms with Gasteiger partial charge >= 0.3 is 0 Å². The Bertz CT molecular complexity index is 778. The number of aryl methyl sites for hydroxylation is 1. The first-order valence-electron chi connectivity index (χ1n) is 8.41. The van der Waals surface area contributed by atoms with Crippen molar-refractivity contribution >= 4 is 34.0 Å². The lowest BCUT2D eigenvalue weighted by Crippen LogP contribution is -2.30. The molecule has 2 heterocycles. The number of anilines is 1. The highest BCUT2D eigenvalue weighted by atomic mass is 35.5. The molecule has 25 heavy (non-hydrogen) atoms. The Balaban J connectivity index is 1.64. The fourth-order valence-electron chi connectivity index (χ4n) is 2.72. The maximum Gasteiger partial charge on any atom is 0.266 e. The van der Waals surface area contributed by atoms with Gasteiger partial charge in [-0.25, -0.2) is 4.98 Å². The molecule has 1 aliphatic rings. The summed E-state index contributed by atoms with van der Waals surface area (Å²) in [5.74, 6) is 0.289. The van der Waals surface area contributed by atoms with Crippen LogP contribution in [0, 0.1) is 6.92 Å². The van der Waals surface area contributed by atoms with Crippen molar-refractivity contribution in [3.63, 3.8) is 0 Å². The second-order valence-electron chi connectivity index (χ2n) is 6.19. The van der Waals surface area contributed by atoms with Crippen LogP contribution in [-0.2, 0) is 17.8 Å². The number of carbonyl (C=O) groups excluding carboxylic acids is 1. The molecule has 1 aliphatic heterocycles. The molecule has 1 atom stereocenters. The molecule has 1 aromatic carbocycles. The number of thiazole rings is 1. The molecular formula is C18H22ClN3O2S. The van der Waals surface area contributed by atoms with Gasteiger partial charge in [-0.05, 0) is 38.1 Å². The van der Waals surface area contributed by atoms with Crippen molar-refractivity contribution in [1.29, 1.82) is 0 Å². The molecule has 1 N–H and O–H groups in total. The van der Waals surface area contributed by atoms with E-state index in [4.69, 9.17) is 16.3 Å². The molecule has 0 saturated carbocycles. The summed E-state index contributed by atoms with van der Waals surface area (Å²) in [7, 11) is 0. The molecule has 0 aliphatic carbocycles. The number of ether oxygens (including phenoxy) is 1. The summed E-state index contributed by atoms with van der Waals surface area (Å²) in [5.41, 5.74) is 2.13. The van der Waals surface area contributed by atoms with Crippen LogP contribution in [0.5, 0.6) is 5.75 Å². The van der Waals surface area contributed by atoms with Gasteiger partial charge in [0.25, 0.3) is 5.91 Å². The van der Waals surface area contributed by atoms with Crippen molar-refractivity contribution in [3.8, 4) is 5.75 Å². The van der Waals surface area contributed by atoms with Gasteiger partial charge in [0.2, 0.25) is 0 Å². The van der Waals surface area contributed by atoms with Crippen molar-refractivity contribution in [2.45, 2.75) is 39.8 Å². The summed E-state index contributed by atoms with van der Waals surface area (Å²) in [5, 5.41) is 4.00. The number of hydrogen-bond acceptors (Lipinski definition) is 5. The fourth-order valence-corrected chi connectivity index (χ4v) is 3.94. The molecule has 1 unspecified atom stereocenters. The van der Waals surface area contributed by atoms with Crippen LogP contribution in [0.3, 0.4) is 0 Å². The van der Waals surface area contributed by atoms with E-state index in [1.165, 1.54) is 4.88 Å². The molecule has 1 amide bonds. The number of rotatable bonds is 5. The van der Waals surface area contributed by atoms with Gasteiger partial charge < -0.3 is 4.74 Å². The van der Waals surface area contributed by atoms with Crippen LogP contribution in [0.4, 0.5) is 5.13 Å². The monoisotopic (exact) mass is 379 g/mol. The predicted molar refractivity (Wildman–Crippen MR) is 102 cm³/mol. The Labute approximate surface area is 157 Å². The minimum absolute atomic E-state index is 0.226. The Morgan fingerprint density at radius 3 is 3.08 bits per heavy atom. The van der Waals surface area contributed by atoms with E-state index in [1.807, 2.05) is 19.1 Å². The number of hydrogen-bond donors (Lipinski definition) is 1. The van der Waals surface area contributed by atoms with E-state index in [0.717, 1.165) is 37.3 Å². The molecule has 0 radical (unpaired) electrons. The van der Waals surface area contributed by atoms with Crippen molar-refractivity contribution in [2.24, 2.45) is 0 Å². The van der Waals surface area contributed by atoms with Crippen LogP contribution < -0.4 is 10.1 Å². The third-order valence-electron chi connectivity index (χ3n) is 4.25. The lowest BCUT2D eigenvalue weighted by molar-refractivity contribution is -0.122. The van der Waals surface area contributed by atoms with Crippen LogP contribution in [0.1, 0.15) is 30.0 Å². The Morgan fingerprint density at radius 1 is 1.52 bits per heavy atom. The molecule has 0 bridgehead atoms. The fraction of sp³-hybridized carbons (Fsp3) is 0.444. The first kappa shape index (κ1) is 18.2. The van der Waals surface area contributed by atoms with Crippen LogP contribution in [0.25, 0.3) is 0 Å². The van der Waals surface area contributed by atoms with E-state index in [-0.39, 0.29) is 5.91 Å². The molecule has 7 heteroatoms. The van der Waals surface area contributed by atoms with Crippen molar-refractivity contribution in [2.75, 3.05) is 18.4 Å². The summed E-state index contributed by atoms with van der Waals surface area (Å²) in [6, 6.07) is 5.50. The number of nitrogens with zero attached hydrogens (tertiary/aromatic N) is 2. The topological polar surface area (TPSA) is 54.5 Å². The minimum Gasteiger partial charge on any atom is -0.479 e.